The number of hydrogen-bond acceptors (Lipinski definition) is 4. The van der Waals surface area contributed by atoms with E-state index in [2.05, 4.69) is 21.2 Å². The van der Waals surface area contributed by atoms with Crippen molar-refractivity contribution < 1.29 is 19.1 Å². The fraction of sp³-hybridized carbons (Fsp3) is 0.318. The van der Waals surface area contributed by atoms with E-state index >= 15 is 0 Å². The summed E-state index contributed by atoms with van der Waals surface area (Å²) in [5.74, 6) is -1.77. The lowest BCUT2D eigenvalue weighted by Crippen LogP contribution is -2.28. The highest BCUT2D eigenvalue weighted by Crippen LogP contribution is 2.29. The fourth-order valence-electron chi connectivity index (χ4n) is 3.44. The van der Waals surface area contributed by atoms with Gasteiger partial charge in [0.2, 0.25) is 5.91 Å². The third-order valence-electron chi connectivity index (χ3n) is 4.86. The van der Waals surface area contributed by atoms with Gasteiger partial charge in [0, 0.05) is 28.8 Å². The molecule has 2 aromatic carbocycles. The summed E-state index contributed by atoms with van der Waals surface area (Å²) in [5, 5.41) is 3.14. The van der Waals surface area contributed by atoms with Crippen LogP contribution in [0.3, 0.4) is 0 Å². The van der Waals surface area contributed by atoms with E-state index in [0.717, 1.165) is 26.9 Å². The summed E-state index contributed by atoms with van der Waals surface area (Å²) in [7, 11) is 0. The second-order valence-corrected chi connectivity index (χ2v) is 8.75. The van der Waals surface area contributed by atoms with Gasteiger partial charge in [-0.1, -0.05) is 17.7 Å². The summed E-state index contributed by atoms with van der Waals surface area (Å²) in [6, 6.07) is 9.26. The van der Waals surface area contributed by atoms with Crippen molar-refractivity contribution in [2.45, 2.75) is 27.2 Å². The fourth-order valence-corrected chi connectivity index (χ4v) is 4.06. The summed E-state index contributed by atoms with van der Waals surface area (Å²) in [6.07, 6.45) is 0.0644. The molecule has 1 N–H and O–H groups in total. The number of benzene rings is 2. The Hall–Kier alpha value is -2.38. The first-order valence-electron chi connectivity index (χ1n) is 9.45. The van der Waals surface area contributed by atoms with Gasteiger partial charge in [-0.2, -0.15) is 0 Å². The maximum Gasteiger partial charge on any atom is 0.311 e. The minimum absolute atomic E-state index is 0.0644. The Morgan fingerprint density at radius 3 is 2.50 bits per heavy atom. The van der Waals surface area contributed by atoms with Gasteiger partial charge in [-0.05, 0) is 77.7 Å². The Morgan fingerprint density at radius 1 is 1.17 bits per heavy atom. The van der Waals surface area contributed by atoms with Crippen LogP contribution in [0.4, 0.5) is 11.4 Å². The second-order valence-electron chi connectivity index (χ2n) is 7.49. The number of ether oxygens (including phenoxy) is 1. The Morgan fingerprint density at radius 2 is 1.83 bits per heavy atom. The number of carbonyl (C=O) groups is 3. The smallest absolute Gasteiger partial charge is 0.311 e. The number of nitrogens with zero attached hydrogens (tertiary/aromatic N) is 1. The number of carbonyl (C=O) groups excluding carboxylic acids is 3. The molecule has 0 radical (unpaired) electrons. The third-order valence-corrected chi connectivity index (χ3v) is 6.06. The molecule has 0 saturated carbocycles. The zero-order chi connectivity index (χ0) is 22.0. The Balaban J connectivity index is 1.57. The molecule has 6 nitrogen and oxygen atoms in total. The quantitative estimate of drug-likeness (QED) is 0.620. The number of halogens is 2. The maximum atomic E-state index is 12.4. The van der Waals surface area contributed by atoms with Crippen molar-refractivity contribution in [1.29, 1.82) is 0 Å². The van der Waals surface area contributed by atoms with E-state index < -0.39 is 24.4 Å². The van der Waals surface area contributed by atoms with Gasteiger partial charge in [0.25, 0.3) is 5.91 Å². The highest BCUT2D eigenvalue weighted by atomic mass is 79.9. The summed E-state index contributed by atoms with van der Waals surface area (Å²) in [6.45, 7) is 5.56. The molecule has 30 heavy (non-hydrogen) atoms. The van der Waals surface area contributed by atoms with Crippen molar-refractivity contribution >= 4 is 56.7 Å². The summed E-state index contributed by atoms with van der Waals surface area (Å²) < 4.78 is 5.89. The topological polar surface area (TPSA) is 75.7 Å². The van der Waals surface area contributed by atoms with E-state index in [1.165, 1.54) is 0 Å². The highest BCUT2D eigenvalue weighted by Gasteiger charge is 2.36. The van der Waals surface area contributed by atoms with E-state index in [1.54, 1.807) is 17.0 Å². The molecule has 1 atom stereocenters. The van der Waals surface area contributed by atoms with Crippen LogP contribution >= 0.6 is 27.5 Å². The van der Waals surface area contributed by atoms with Gasteiger partial charge in [-0.25, -0.2) is 0 Å². The monoisotopic (exact) mass is 492 g/mol. The molecule has 1 heterocycles. The molecule has 2 aromatic rings. The van der Waals surface area contributed by atoms with Gasteiger partial charge in [0.15, 0.2) is 6.61 Å². The minimum Gasteiger partial charge on any atom is -0.455 e. The van der Waals surface area contributed by atoms with Crippen LogP contribution in [0.15, 0.2) is 34.8 Å². The van der Waals surface area contributed by atoms with Crippen LogP contribution in [0.1, 0.15) is 23.1 Å². The van der Waals surface area contributed by atoms with Crippen LogP contribution in [0.25, 0.3) is 0 Å². The molecule has 3 rings (SSSR count). The largest absolute Gasteiger partial charge is 0.455 e. The lowest BCUT2D eigenvalue weighted by Gasteiger charge is -2.18. The van der Waals surface area contributed by atoms with Crippen molar-refractivity contribution in [3.05, 3.63) is 56.5 Å². The molecule has 0 spiro atoms. The van der Waals surface area contributed by atoms with Crippen molar-refractivity contribution in [2.24, 2.45) is 5.92 Å². The lowest BCUT2D eigenvalue weighted by molar-refractivity contribution is -0.151. The average molecular weight is 494 g/mol. The normalized spacial score (nSPS) is 16.0. The molecule has 0 bridgehead atoms. The number of anilines is 2. The van der Waals surface area contributed by atoms with Crippen LogP contribution in [-0.4, -0.2) is 30.9 Å². The number of esters is 1. The Labute approximate surface area is 188 Å². The van der Waals surface area contributed by atoms with E-state index in [-0.39, 0.29) is 18.9 Å². The second kappa shape index (κ2) is 9.18. The zero-order valence-corrected chi connectivity index (χ0v) is 19.3. The molecule has 1 saturated heterocycles. The molecule has 0 aliphatic carbocycles. The van der Waals surface area contributed by atoms with Crippen molar-refractivity contribution in [2.75, 3.05) is 23.4 Å². The highest BCUT2D eigenvalue weighted by molar-refractivity contribution is 9.10. The van der Waals surface area contributed by atoms with E-state index in [1.807, 2.05) is 39.0 Å². The number of rotatable bonds is 5. The first kappa shape index (κ1) is 22.3. The van der Waals surface area contributed by atoms with Gasteiger partial charge >= 0.3 is 5.97 Å². The van der Waals surface area contributed by atoms with Gasteiger partial charge in [0.05, 0.1) is 10.9 Å². The molecule has 1 fully saturated rings. The van der Waals surface area contributed by atoms with Crippen LogP contribution in [-0.2, 0) is 19.1 Å². The molecule has 158 valence electrons. The lowest BCUT2D eigenvalue weighted by atomic mass is 10.1. The first-order chi connectivity index (χ1) is 14.1. The maximum absolute atomic E-state index is 12.4. The van der Waals surface area contributed by atoms with Crippen LogP contribution < -0.4 is 10.2 Å². The van der Waals surface area contributed by atoms with Crippen molar-refractivity contribution in [3.63, 3.8) is 0 Å². The standard InChI is InChI=1S/C22H22BrClN2O4/c1-12-4-13(2)6-16(5-12)26-10-15(8-21(26)28)22(29)30-11-20(27)25-19-9-18(24)17(23)7-14(19)3/h4-7,9,15H,8,10-11H2,1-3H3,(H,25,27)/t15-/m0/s1. The van der Waals surface area contributed by atoms with E-state index in [9.17, 15) is 14.4 Å². The van der Waals surface area contributed by atoms with Crippen molar-refractivity contribution in [3.8, 4) is 0 Å². The van der Waals surface area contributed by atoms with Crippen LogP contribution in [0.2, 0.25) is 5.02 Å². The predicted molar refractivity (Wildman–Crippen MR) is 120 cm³/mol. The SMILES string of the molecule is Cc1cc(C)cc(N2C[C@@H](C(=O)OCC(=O)Nc3cc(Cl)c(Br)cc3C)CC2=O)c1. The number of aryl methyl sites for hydroxylation is 3. The molecular weight excluding hydrogens is 472 g/mol. The molecule has 1 aliphatic rings. The van der Waals surface area contributed by atoms with Gasteiger partial charge in [-0.15, -0.1) is 0 Å². The minimum atomic E-state index is -0.602. The van der Waals surface area contributed by atoms with E-state index in [0.29, 0.717) is 10.7 Å². The summed E-state index contributed by atoms with van der Waals surface area (Å²) in [4.78, 5) is 38.6. The Kier molecular flexibility index (Phi) is 6.83. The number of amides is 2. The molecular formula is C22H22BrClN2O4. The van der Waals surface area contributed by atoms with Gasteiger partial charge in [0.1, 0.15) is 0 Å². The zero-order valence-electron chi connectivity index (χ0n) is 16.9. The van der Waals surface area contributed by atoms with Gasteiger partial charge < -0.3 is 15.0 Å². The number of nitrogens with one attached hydrogen (secondary N) is 1. The number of hydrogen-bond donors (Lipinski definition) is 1. The van der Waals surface area contributed by atoms with Crippen LogP contribution in [0.5, 0.6) is 0 Å². The third kappa shape index (κ3) is 5.21. The van der Waals surface area contributed by atoms with Gasteiger partial charge in [-0.3, -0.25) is 14.4 Å². The predicted octanol–water partition coefficient (Wildman–Crippen LogP) is 4.56. The molecule has 0 unspecified atom stereocenters. The summed E-state index contributed by atoms with van der Waals surface area (Å²) in [5.41, 5.74) is 4.22. The van der Waals surface area contributed by atoms with E-state index in [4.69, 9.17) is 16.3 Å². The molecule has 1 aliphatic heterocycles. The molecule has 8 heteroatoms. The van der Waals surface area contributed by atoms with Crippen molar-refractivity contribution in [1.82, 2.24) is 0 Å². The summed E-state index contributed by atoms with van der Waals surface area (Å²) >= 11 is 9.38. The first-order valence-corrected chi connectivity index (χ1v) is 10.6. The molecule has 0 aromatic heterocycles. The van der Waals surface area contributed by atoms with Crippen LogP contribution in [0, 0.1) is 26.7 Å². The molecule has 2 amide bonds. The average Bonchev–Trinajstić information content (AvgIpc) is 3.05. The Bertz CT molecular complexity index is 1000.